The zero-order valence-electron chi connectivity index (χ0n) is 11.0. The first kappa shape index (κ1) is 16.1. The lowest BCUT2D eigenvalue weighted by atomic mass is 10.3. The van der Waals surface area contributed by atoms with Gasteiger partial charge in [-0.3, -0.25) is 14.5 Å². The number of carbonyl (C=O) groups is 2. The van der Waals surface area contributed by atoms with E-state index in [1.165, 1.54) is 4.90 Å². The molecule has 1 atom stereocenters. The number of hydrogen-bond donors (Lipinski definition) is 1. The van der Waals surface area contributed by atoms with Gasteiger partial charge in [-0.05, 0) is 19.1 Å². The van der Waals surface area contributed by atoms with E-state index in [0.29, 0.717) is 27.4 Å². The Balaban J connectivity index is 2.33. The van der Waals surface area contributed by atoms with Crippen molar-refractivity contribution in [3.05, 3.63) is 28.2 Å². The van der Waals surface area contributed by atoms with Crippen LogP contribution in [0.5, 0.6) is 0 Å². The SMILES string of the molecule is CCN1C(=O)[C@H](CC(=O)O)SC1=Nc1cccc(Cl)c1Cl. The summed E-state index contributed by atoms with van der Waals surface area (Å²) < 4.78 is 0. The van der Waals surface area contributed by atoms with Crippen molar-refractivity contribution in [2.45, 2.75) is 18.6 Å². The second-order valence-electron chi connectivity index (χ2n) is 4.25. The molecule has 1 heterocycles. The molecular weight excluding hydrogens is 335 g/mol. The number of aliphatic imine (C=N–C) groups is 1. The lowest BCUT2D eigenvalue weighted by molar-refractivity contribution is -0.139. The molecule has 0 bridgehead atoms. The van der Waals surface area contributed by atoms with Crippen LogP contribution in [0.3, 0.4) is 0 Å². The highest BCUT2D eigenvalue weighted by Gasteiger charge is 2.38. The number of hydrogen-bond acceptors (Lipinski definition) is 4. The number of benzene rings is 1. The molecule has 1 fully saturated rings. The van der Waals surface area contributed by atoms with E-state index in [9.17, 15) is 9.59 Å². The fourth-order valence-electron chi connectivity index (χ4n) is 1.86. The summed E-state index contributed by atoms with van der Waals surface area (Å²) in [5.41, 5.74) is 0.453. The quantitative estimate of drug-likeness (QED) is 0.906. The van der Waals surface area contributed by atoms with Gasteiger partial charge < -0.3 is 5.11 Å². The van der Waals surface area contributed by atoms with E-state index >= 15 is 0 Å². The molecule has 8 heteroatoms. The summed E-state index contributed by atoms with van der Waals surface area (Å²) in [4.78, 5) is 28.7. The third-order valence-electron chi connectivity index (χ3n) is 2.84. The average Bonchev–Trinajstić information content (AvgIpc) is 2.70. The Morgan fingerprint density at radius 1 is 1.48 bits per heavy atom. The number of carbonyl (C=O) groups excluding carboxylic acids is 1. The van der Waals surface area contributed by atoms with Gasteiger partial charge in [-0.25, -0.2) is 4.99 Å². The van der Waals surface area contributed by atoms with Gasteiger partial charge in [0.2, 0.25) is 5.91 Å². The topological polar surface area (TPSA) is 70.0 Å². The van der Waals surface area contributed by atoms with E-state index in [4.69, 9.17) is 28.3 Å². The average molecular weight is 347 g/mol. The first-order chi connectivity index (χ1) is 9.93. The predicted octanol–water partition coefficient (Wildman–Crippen LogP) is 3.42. The van der Waals surface area contributed by atoms with Crippen molar-refractivity contribution in [2.75, 3.05) is 6.54 Å². The second kappa shape index (κ2) is 6.68. The summed E-state index contributed by atoms with van der Waals surface area (Å²) in [6, 6.07) is 5.04. The third-order valence-corrected chi connectivity index (χ3v) is 4.83. The van der Waals surface area contributed by atoms with Gasteiger partial charge in [-0.1, -0.05) is 41.0 Å². The summed E-state index contributed by atoms with van der Waals surface area (Å²) in [5, 5.41) is 9.31. The molecule has 1 aliphatic rings. The fourth-order valence-corrected chi connectivity index (χ4v) is 3.40. The Kier molecular flexibility index (Phi) is 5.13. The Morgan fingerprint density at radius 2 is 2.19 bits per heavy atom. The molecular formula is C13H12Cl2N2O3S. The largest absolute Gasteiger partial charge is 0.481 e. The van der Waals surface area contributed by atoms with E-state index in [2.05, 4.69) is 4.99 Å². The minimum atomic E-state index is -1.01. The molecule has 1 aromatic carbocycles. The number of thioether (sulfide) groups is 1. The third kappa shape index (κ3) is 3.51. The smallest absolute Gasteiger partial charge is 0.305 e. The van der Waals surface area contributed by atoms with E-state index in [-0.39, 0.29) is 12.3 Å². The van der Waals surface area contributed by atoms with Crippen molar-refractivity contribution in [3.8, 4) is 0 Å². The Hall–Kier alpha value is -1.24. The molecule has 0 spiro atoms. The molecule has 1 amide bonds. The first-order valence-corrected chi connectivity index (χ1v) is 7.80. The lowest BCUT2D eigenvalue weighted by Crippen LogP contribution is -2.32. The molecule has 1 aliphatic heterocycles. The number of carboxylic acid groups (broad SMARTS) is 1. The van der Waals surface area contributed by atoms with Gasteiger partial charge in [0.05, 0.1) is 22.2 Å². The lowest BCUT2D eigenvalue weighted by Gasteiger charge is -2.13. The Morgan fingerprint density at radius 3 is 2.81 bits per heavy atom. The zero-order chi connectivity index (χ0) is 15.6. The van der Waals surface area contributed by atoms with Crippen molar-refractivity contribution in [3.63, 3.8) is 0 Å². The van der Waals surface area contributed by atoms with Gasteiger partial charge in [-0.15, -0.1) is 0 Å². The molecule has 5 nitrogen and oxygen atoms in total. The van der Waals surface area contributed by atoms with Gasteiger partial charge in [0.15, 0.2) is 5.17 Å². The monoisotopic (exact) mass is 346 g/mol. The molecule has 0 saturated carbocycles. The highest BCUT2D eigenvalue weighted by atomic mass is 35.5. The van der Waals surface area contributed by atoms with Crippen LogP contribution < -0.4 is 0 Å². The van der Waals surface area contributed by atoms with E-state index in [0.717, 1.165) is 11.8 Å². The van der Waals surface area contributed by atoms with Gasteiger partial charge in [0.25, 0.3) is 0 Å². The minimum absolute atomic E-state index is 0.234. The number of halogens is 2. The molecule has 0 aliphatic carbocycles. The van der Waals surface area contributed by atoms with Crippen LogP contribution in [0, 0.1) is 0 Å². The molecule has 0 radical (unpaired) electrons. The van der Waals surface area contributed by atoms with E-state index in [1.54, 1.807) is 25.1 Å². The van der Waals surface area contributed by atoms with Gasteiger partial charge in [0, 0.05) is 6.54 Å². The Labute approximate surface area is 135 Å². The van der Waals surface area contributed by atoms with Gasteiger partial charge >= 0.3 is 5.97 Å². The van der Waals surface area contributed by atoms with Crippen molar-refractivity contribution in [1.29, 1.82) is 0 Å². The molecule has 0 unspecified atom stereocenters. The summed E-state index contributed by atoms with van der Waals surface area (Å²) in [5.74, 6) is -1.26. The molecule has 1 saturated heterocycles. The standard InChI is InChI=1S/C13H12Cl2N2O3S/c1-2-17-12(20)9(6-10(18)19)21-13(17)16-8-5-3-4-7(14)11(8)15/h3-5,9H,2,6H2,1H3,(H,18,19)/t9-/m0/s1. The van der Waals surface area contributed by atoms with E-state index in [1.807, 2.05) is 0 Å². The maximum Gasteiger partial charge on any atom is 0.305 e. The summed E-state index contributed by atoms with van der Waals surface area (Å²) >= 11 is 13.1. The summed E-state index contributed by atoms with van der Waals surface area (Å²) in [6.45, 7) is 2.22. The zero-order valence-corrected chi connectivity index (χ0v) is 13.4. The van der Waals surface area contributed by atoms with Crippen LogP contribution in [-0.4, -0.2) is 38.8 Å². The van der Waals surface area contributed by atoms with Crippen LogP contribution in [0.1, 0.15) is 13.3 Å². The normalized spacial score (nSPS) is 20.3. The van der Waals surface area contributed by atoms with Crippen molar-refractivity contribution in [2.24, 2.45) is 4.99 Å². The van der Waals surface area contributed by atoms with E-state index < -0.39 is 11.2 Å². The second-order valence-corrected chi connectivity index (χ2v) is 6.21. The van der Waals surface area contributed by atoms with Crippen LogP contribution >= 0.6 is 35.0 Å². The summed E-state index contributed by atoms with van der Waals surface area (Å²) in [7, 11) is 0. The number of nitrogens with zero attached hydrogens (tertiary/aromatic N) is 2. The number of amides is 1. The molecule has 2 rings (SSSR count). The molecule has 112 valence electrons. The van der Waals surface area contributed by atoms with Crippen LogP contribution in [0.25, 0.3) is 0 Å². The minimum Gasteiger partial charge on any atom is -0.481 e. The maximum atomic E-state index is 12.1. The predicted molar refractivity (Wildman–Crippen MR) is 84.6 cm³/mol. The number of aliphatic carboxylic acids is 1. The molecule has 0 aromatic heterocycles. The van der Waals surface area contributed by atoms with Crippen molar-refractivity contribution in [1.82, 2.24) is 4.90 Å². The highest BCUT2D eigenvalue weighted by molar-refractivity contribution is 8.15. The summed E-state index contributed by atoms with van der Waals surface area (Å²) in [6.07, 6.45) is -0.234. The number of rotatable bonds is 4. The number of carboxylic acids is 1. The highest BCUT2D eigenvalue weighted by Crippen LogP contribution is 2.36. The van der Waals surface area contributed by atoms with Crippen LogP contribution in [-0.2, 0) is 9.59 Å². The van der Waals surface area contributed by atoms with Crippen molar-refractivity contribution >= 4 is 57.7 Å². The van der Waals surface area contributed by atoms with Gasteiger partial charge in [-0.2, -0.15) is 0 Å². The Bertz CT molecular complexity index is 621. The van der Waals surface area contributed by atoms with Crippen molar-refractivity contribution < 1.29 is 14.7 Å². The maximum absolute atomic E-state index is 12.1. The molecule has 1 N–H and O–H groups in total. The van der Waals surface area contributed by atoms with Crippen LogP contribution in [0.4, 0.5) is 5.69 Å². The van der Waals surface area contributed by atoms with Crippen LogP contribution in [0.2, 0.25) is 10.0 Å². The molecule has 1 aromatic rings. The van der Waals surface area contributed by atoms with Crippen LogP contribution in [0.15, 0.2) is 23.2 Å². The van der Waals surface area contributed by atoms with Gasteiger partial charge in [0.1, 0.15) is 5.25 Å². The fraction of sp³-hybridized carbons (Fsp3) is 0.308. The first-order valence-electron chi connectivity index (χ1n) is 6.16. The number of amidine groups is 1. The molecule has 21 heavy (non-hydrogen) atoms.